The number of hydrogen-bond donors (Lipinski definition) is 1. The van der Waals surface area contributed by atoms with E-state index in [2.05, 4.69) is 10.4 Å². The lowest BCUT2D eigenvalue weighted by Gasteiger charge is -2.31. The van der Waals surface area contributed by atoms with Crippen LogP contribution in [0.5, 0.6) is 0 Å². The van der Waals surface area contributed by atoms with Crippen molar-refractivity contribution in [2.24, 2.45) is 13.0 Å². The Hall–Kier alpha value is -1.20. The van der Waals surface area contributed by atoms with Crippen LogP contribution in [-0.2, 0) is 13.5 Å². The van der Waals surface area contributed by atoms with Gasteiger partial charge >= 0.3 is 6.18 Å². The zero-order valence-electron chi connectivity index (χ0n) is 11.3. The van der Waals surface area contributed by atoms with Gasteiger partial charge in [0, 0.05) is 19.3 Å². The summed E-state index contributed by atoms with van der Waals surface area (Å²) in [6, 6.07) is -0.102. The number of nitrogens with one attached hydrogen (secondary N) is 1. The van der Waals surface area contributed by atoms with Gasteiger partial charge in [-0.2, -0.15) is 18.3 Å². The molecule has 1 fully saturated rings. The minimum absolute atomic E-state index is 0.102. The molecular weight excluding hydrogens is 255 g/mol. The van der Waals surface area contributed by atoms with Gasteiger partial charge in [-0.15, -0.1) is 0 Å². The number of hydrogen-bond acceptors (Lipinski definition) is 2. The Bertz CT molecular complexity index is 425. The maximum atomic E-state index is 12.8. The van der Waals surface area contributed by atoms with Crippen molar-refractivity contribution in [2.45, 2.75) is 51.2 Å². The molecule has 1 aromatic rings. The fourth-order valence-corrected chi connectivity index (χ4v) is 2.75. The predicted molar refractivity (Wildman–Crippen MR) is 68.0 cm³/mol. The van der Waals surface area contributed by atoms with Gasteiger partial charge in [-0.25, -0.2) is 0 Å². The number of alkyl halides is 3. The molecule has 0 aliphatic heterocycles. The van der Waals surface area contributed by atoms with Gasteiger partial charge in [0.1, 0.15) is 0 Å². The number of anilines is 1. The summed E-state index contributed by atoms with van der Waals surface area (Å²) >= 11 is 0. The second kappa shape index (κ2) is 5.43. The van der Waals surface area contributed by atoms with Crippen LogP contribution < -0.4 is 5.32 Å². The lowest BCUT2D eigenvalue weighted by atomic mass is 9.85. The first-order chi connectivity index (χ1) is 8.90. The standard InChI is InChI=1S/C13H20F3N3/c1-3-11-12(8-19(2)18-11)17-10-6-4-5-9(7-10)13(14,15)16/h8-10,17H,3-7H2,1-2H3. The van der Waals surface area contributed by atoms with Crippen LogP contribution in [-0.4, -0.2) is 22.0 Å². The highest BCUT2D eigenvalue weighted by Crippen LogP contribution is 2.38. The Morgan fingerprint density at radius 3 is 2.79 bits per heavy atom. The molecule has 1 heterocycles. The molecule has 3 nitrogen and oxygen atoms in total. The van der Waals surface area contributed by atoms with Gasteiger partial charge < -0.3 is 5.32 Å². The van der Waals surface area contributed by atoms with Crippen molar-refractivity contribution in [1.82, 2.24) is 9.78 Å². The van der Waals surface area contributed by atoms with Crippen molar-refractivity contribution in [3.63, 3.8) is 0 Å². The van der Waals surface area contributed by atoms with Crippen LogP contribution in [0.25, 0.3) is 0 Å². The van der Waals surface area contributed by atoms with Crippen molar-refractivity contribution in [1.29, 1.82) is 0 Å². The molecule has 19 heavy (non-hydrogen) atoms. The molecule has 2 rings (SSSR count). The number of rotatable bonds is 3. The topological polar surface area (TPSA) is 29.9 Å². The summed E-state index contributed by atoms with van der Waals surface area (Å²) in [5.74, 6) is -1.17. The SMILES string of the molecule is CCc1nn(C)cc1NC1CCCC(C(F)(F)F)C1. The first kappa shape index (κ1) is 14.2. The van der Waals surface area contributed by atoms with Crippen LogP contribution in [0.15, 0.2) is 6.20 Å². The average molecular weight is 275 g/mol. The maximum absolute atomic E-state index is 12.8. The molecule has 2 unspecified atom stereocenters. The van der Waals surface area contributed by atoms with Crippen LogP contribution in [0.2, 0.25) is 0 Å². The van der Waals surface area contributed by atoms with Gasteiger partial charge in [0.2, 0.25) is 0 Å². The van der Waals surface area contributed by atoms with Gasteiger partial charge in [0.05, 0.1) is 17.3 Å². The molecule has 0 saturated heterocycles. The molecular formula is C13H20F3N3. The highest BCUT2D eigenvalue weighted by molar-refractivity contribution is 5.47. The highest BCUT2D eigenvalue weighted by Gasteiger charge is 2.42. The molecule has 1 aliphatic carbocycles. The van der Waals surface area contributed by atoms with Gasteiger partial charge in [-0.05, 0) is 25.7 Å². The first-order valence-electron chi connectivity index (χ1n) is 6.76. The molecule has 1 aliphatic rings. The summed E-state index contributed by atoms with van der Waals surface area (Å²) < 4.78 is 40.0. The third-order valence-corrected chi connectivity index (χ3v) is 3.74. The zero-order valence-corrected chi connectivity index (χ0v) is 11.3. The Kier molecular flexibility index (Phi) is 4.06. The van der Waals surface area contributed by atoms with Crippen molar-refractivity contribution in [3.05, 3.63) is 11.9 Å². The van der Waals surface area contributed by atoms with E-state index in [1.807, 2.05) is 20.2 Å². The summed E-state index contributed by atoms with van der Waals surface area (Å²) in [5.41, 5.74) is 1.79. The minimum Gasteiger partial charge on any atom is -0.380 e. The largest absolute Gasteiger partial charge is 0.391 e. The Balaban J connectivity index is 2.02. The lowest BCUT2D eigenvalue weighted by molar-refractivity contribution is -0.182. The molecule has 108 valence electrons. The molecule has 1 saturated carbocycles. The van der Waals surface area contributed by atoms with E-state index in [4.69, 9.17) is 0 Å². The van der Waals surface area contributed by atoms with Crippen LogP contribution in [0, 0.1) is 5.92 Å². The van der Waals surface area contributed by atoms with E-state index in [1.54, 1.807) is 4.68 Å². The molecule has 1 aromatic heterocycles. The molecule has 0 spiro atoms. The van der Waals surface area contributed by atoms with Crippen LogP contribution >= 0.6 is 0 Å². The summed E-state index contributed by atoms with van der Waals surface area (Å²) in [7, 11) is 1.82. The molecule has 0 bridgehead atoms. The van der Waals surface area contributed by atoms with E-state index in [1.165, 1.54) is 0 Å². The highest BCUT2D eigenvalue weighted by atomic mass is 19.4. The second-order valence-electron chi connectivity index (χ2n) is 5.26. The van der Waals surface area contributed by atoms with Gasteiger partial charge in [0.25, 0.3) is 0 Å². The third-order valence-electron chi connectivity index (χ3n) is 3.74. The minimum atomic E-state index is -4.07. The number of halogens is 3. The van der Waals surface area contributed by atoms with Gasteiger partial charge in [-0.1, -0.05) is 13.3 Å². The fraction of sp³-hybridized carbons (Fsp3) is 0.769. The first-order valence-corrected chi connectivity index (χ1v) is 6.76. The van der Waals surface area contributed by atoms with Crippen LogP contribution in [0.1, 0.15) is 38.3 Å². The summed E-state index contributed by atoms with van der Waals surface area (Å²) in [6.07, 6.45) is 0.405. The molecule has 0 radical (unpaired) electrons. The molecule has 2 atom stereocenters. The van der Waals surface area contributed by atoms with Crippen molar-refractivity contribution >= 4 is 5.69 Å². The number of nitrogens with zero attached hydrogens (tertiary/aromatic N) is 2. The summed E-state index contributed by atoms with van der Waals surface area (Å²) in [6.45, 7) is 1.99. The monoisotopic (exact) mass is 275 g/mol. The lowest BCUT2D eigenvalue weighted by Crippen LogP contribution is -2.34. The average Bonchev–Trinajstić information content (AvgIpc) is 2.69. The van der Waals surface area contributed by atoms with Crippen LogP contribution in [0.4, 0.5) is 18.9 Å². The van der Waals surface area contributed by atoms with E-state index in [9.17, 15) is 13.2 Å². The third kappa shape index (κ3) is 3.42. The van der Waals surface area contributed by atoms with Gasteiger partial charge in [-0.3, -0.25) is 4.68 Å². The van der Waals surface area contributed by atoms with Crippen molar-refractivity contribution in [2.75, 3.05) is 5.32 Å². The zero-order chi connectivity index (χ0) is 14.0. The summed E-state index contributed by atoms with van der Waals surface area (Å²) in [4.78, 5) is 0. The predicted octanol–water partition coefficient (Wildman–Crippen LogP) is 3.52. The van der Waals surface area contributed by atoms with E-state index < -0.39 is 12.1 Å². The van der Waals surface area contributed by atoms with Crippen molar-refractivity contribution in [3.8, 4) is 0 Å². The molecule has 0 amide bonds. The van der Waals surface area contributed by atoms with E-state index >= 15 is 0 Å². The maximum Gasteiger partial charge on any atom is 0.391 e. The Morgan fingerprint density at radius 1 is 1.42 bits per heavy atom. The normalized spacial score (nSPS) is 24.5. The van der Waals surface area contributed by atoms with E-state index in [-0.39, 0.29) is 18.9 Å². The number of aromatic nitrogens is 2. The van der Waals surface area contributed by atoms with Gasteiger partial charge in [0.15, 0.2) is 0 Å². The molecule has 1 N–H and O–H groups in total. The Morgan fingerprint density at radius 2 is 2.16 bits per heavy atom. The quantitative estimate of drug-likeness (QED) is 0.914. The Labute approximate surface area is 111 Å². The van der Waals surface area contributed by atoms with E-state index in [0.29, 0.717) is 6.42 Å². The van der Waals surface area contributed by atoms with Crippen molar-refractivity contribution < 1.29 is 13.2 Å². The molecule has 6 heteroatoms. The molecule has 0 aromatic carbocycles. The fourth-order valence-electron chi connectivity index (χ4n) is 2.75. The smallest absolute Gasteiger partial charge is 0.380 e. The summed E-state index contributed by atoms with van der Waals surface area (Å²) in [5, 5.41) is 7.53. The number of aryl methyl sites for hydroxylation is 2. The van der Waals surface area contributed by atoms with Crippen LogP contribution in [0.3, 0.4) is 0 Å². The second-order valence-corrected chi connectivity index (χ2v) is 5.26. The van der Waals surface area contributed by atoms with E-state index in [0.717, 1.165) is 24.2 Å².